The fourth-order valence-corrected chi connectivity index (χ4v) is 1.52. The first-order valence-corrected chi connectivity index (χ1v) is 6.13. The van der Waals surface area contributed by atoms with Gasteiger partial charge in [-0.15, -0.1) is 17.6 Å². The maximum absolute atomic E-state index is 9.64. The smallest absolute Gasteiger partial charge is 0.120 e. The average molecular weight is 247 g/mol. The van der Waals surface area contributed by atoms with Crippen LogP contribution >= 0.6 is 0 Å². The first-order valence-electron chi connectivity index (χ1n) is 6.13. The van der Waals surface area contributed by atoms with Crippen LogP contribution in [0.1, 0.15) is 30.5 Å². The van der Waals surface area contributed by atoms with Crippen LogP contribution in [0, 0.1) is 23.7 Å². The Labute approximate surface area is 114 Å². The van der Waals surface area contributed by atoms with Crippen LogP contribution in [0.5, 0.6) is 0 Å². The van der Waals surface area contributed by atoms with Gasteiger partial charge in [0, 0.05) is 11.1 Å². The number of hydrogen-bond donors (Lipinski definition) is 1. The van der Waals surface area contributed by atoms with E-state index in [0.29, 0.717) is 0 Å². The van der Waals surface area contributed by atoms with E-state index in [-0.39, 0.29) is 0 Å². The van der Waals surface area contributed by atoms with Gasteiger partial charge in [0.1, 0.15) is 5.60 Å². The summed E-state index contributed by atoms with van der Waals surface area (Å²) in [5, 5.41) is 9.64. The predicted molar refractivity (Wildman–Crippen MR) is 77.6 cm³/mol. The molecule has 19 heavy (non-hydrogen) atoms. The van der Waals surface area contributed by atoms with Gasteiger partial charge in [0.2, 0.25) is 0 Å². The van der Waals surface area contributed by atoms with Gasteiger partial charge in [0.25, 0.3) is 0 Å². The number of rotatable bonds is 0. The minimum Gasteiger partial charge on any atom is -0.378 e. The fourth-order valence-electron chi connectivity index (χ4n) is 1.52. The van der Waals surface area contributed by atoms with Crippen LogP contribution in [0.2, 0.25) is 0 Å². The van der Waals surface area contributed by atoms with Crippen LogP contribution in [0.15, 0.2) is 48.5 Å². The molecule has 0 amide bonds. The first-order chi connectivity index (χ1) is 9.04. The lowest BCUT2D eigenvalue weighted by Gasteiger charge is -2.06. The Morgan fingerprint density at radius 3 is 2.21 bits per heavy atom. The minimum atomic E-state index is -0.994. The van der Waals surface area contributed by atoms with Crippen molar-refractivity contribution in [3.05, 3.63) is 65.2 Å². The van der Waals surface area contributed by atoms with E-state index in [1.165, 1.54) is 0 Å². The summed E-state index contributed by atoms with van der Waals surface area (Å²) < 4.78 is 0. The molecule has 0 unspecified atom stereocenters. The Bertz CT molecular complexity index is 662. The van der Waals surface area contributed by atoms with Gasteiger partial charge in [-0.05, 0) is 26.0 Å². The fraction of sp³-hybridized carbons (Fsp3) is 0.167. The van der Waals surface area contributed by atoms with Gasteiger partial charge < -0.3 is 5.11 Å². The Kier molecular flexibility index (Phi) is 3.81. The monoisotopic (exact) mass is 247 g/mol. The maximum atomic E-state index is 9.64. The van der Waals surface area contributed by atoms with Gasteiger partial charge >= 0.3 is 0 Å². The molecule has 94 valence electrons. The van der Waals surface area contributed by atoms with E-state index in [1.807, 2.05) is 48.5 Å². The van der Waals surface area contributed by atoms with Gasteiger partial charge in [0.15, 0.2) is 0 Å². The zero-order chi connectivity index (χ0) is 13.7. The van der Waals surface area contributed by atoms with Gasteiger partial charge in [-0.25, -0.2) is 0 Å². The summed E-state index contributed by atoms with van der Waals surface area (Å²) in [6, 6.07) is 15.6. The van der Waals surface area contributed by atoms with Gasteiger partial charge in [-0.2, -0.15) is 24.1 Å². The zero-order valence-corrected chi connectivity index (χ0v) is 11.1. The molecule has 0 aromatic heterocycles. The summed E-state index contributed by atoms with van der Waals surface area (Å²) in [6.45, 7) is 3.33. The van der Waals surface area contributed by atoms with Crippen LogP contribution in [-0.4, -0.2) is 10.7 Å². The SMILES string of the molecule is CC(C)(O)C#Cc1ccccc1C#Cc1ccc[cH-]1. The molecule has 2 rings (SSSR count). The van der Waals surface area contributed by atoms with Gasteiger partial charge in [-0.3, -0.25) is 0 Å². The van der Waals surface area contributed by atoms with Crippen LogP contribution in [0.25, 0.3) is 0 Å². The average Bonchev–Trinajstić information content (AvgIpc) is 2.87. The second kappa shape index (κ2) is 5.53. The molecule has 1 N–H and O–H groups in total. The topological polar surface area (TPSA) is 20.2 Å². The molecule has 1 heteroatoms. The van der Waals surface area contributed by atoms with Gasteiger partial charge in [-0.1, -0.05) is 24.0 Å². The normalized spacial score (nSPS) is 10.1. The van der Waals surface area contributed by atoms with Crippen LogP contribution in [0.3, 0.4) is 0 Å². The van der Waals surface area contributed by atoms with E-state index < -0.39 is 5.60 Å². The molecule has 0 radical (unpaired) electrons. The molecule has 0 fully saturated rings. The summed E-state index contributed by atoms with van der Waals surface area (Å²) in [6.07, 6.45) is 0. The van der Waals surface area contributed by atoms with Crippen molar-refractivity contribution < 1.29 is 5.11 Å². The van der Waals surface area contributed by atoms with Crippen molar-refractivity contribution in [3.8, 4) is 23.7 Å². The highest BCUT2D eigenvalue weighted by Crippen LogP contribution is 2.08. The van der Waals surface area contributed by atoms with Crippen molar-refractivity contribution in [3.63, 3.8) is 0 Å². The van der Waals surface area contributed by atoms with E-state index in [4.69, 9.17) is 0 Å². The number of hydrogen-bond acceptors (Lipinski definition) is 1. The van der Waals surface area contributed by atoms with E-state index >= 15 is 0 Å². The third-order valence-corrected chi connectivity index (χ3v) is 2.43. The Morgan fingerprint density at radius 1 is 0.947 bits per heavy atom. The van der Waals surface area contributed by atoms with E-state index in [0.717, 1.165) is 16.7 Å². The highest BCUT2D eigenvalue weighted by atomic mass is 16.3. The lowest BCUT2D eigenvalue weighted by Crippen LogP contribution is -2.14. The second-order valence-electron chi connectivity index (χ2n) is 4.78. The summed E-state index contributed by atoms with van der Waals surface area (Å²) >= 11 is 0. The second-order valence-corrected chi connectivity index (χ2v) is 4.78. The van der Waals surface area contributed by atoms with Crippen molar-refractivity contribution in [2.75, 3.05) is 0 Å². The lowest BCUT2D eigenvalue weighted by molar-refractivity contribution is 0.143. The Morgan fingerprint density at radius 2 is 1.63 bits per heavy atom. The van der Waals surface area contributed by atoms with E-state index in [9.17, 15) is 5.11 Å². The molecule has 2 aromatic carbocycles. The summed E-state index contributed by atoms with van der Waals surface area (Å²) in [7, 11) is 0. The standard InChI is InChI=1S/C18H15O/c1-18(2,19)14-13-17-10-6-5-9-16(17)12-11-15-7-3-4-8-15/h3-10,19H,1-2H3/q-1. The number of benzene rings is 1. The Balaban J connectivity index is 2.33. The summed E-state index contributed by atoms with van der Waals surface area (Å²) in [4.78, 5) is 0. The van der Waals surface area contributed by atoms with Crippen molar-refractivity contribution >= 4 is 0 Å². The maximum Gasteiger partial charge on any atom is 0.120 e. The third kappa shape index (κ3) is 4.11. The van der Waals surface area contributed by atoms with Crippen LogP contribution < -0.4 is 0 Å². The molecule has 0 aliphatic carbocycles. The first kappa shape index (κ1) is 13.1. The predicted octanol–water partition coefficient (Wildman–Crippen LogP) is 2.93. The van der Waals surface area contributed by atoms with Crippen molar-refractivity contribution in [2.24, 2.45) is 0 Å². The summed E-state index contributed by atoms with van der Waals surface area (Å²) in [5.41, 5.74) is 1.71. The largest absolute Gasteiger partial charge is 0.378 e. The lowest BCUT2D eigenvalue weighted by atomic mass is 10.1. The quantitative estimate of drug-likeness (QED) is 0.560. The molecule has 0 spiro atoms. The number of aliphatic hydroxyl groups is 1. The minimum absolute atomic E-state index is 0.837. The molecular weight excluding hydrogens is 232 g/mol. The molecule has 0 atom stereocenters. The Hall–Kier alpha value is -2.35. The zero-order valence-electron chi connectivity index (χ0n) is 11.1. The third-order valence-electron chi connectivity index (χ3n) is 2.43. The molecule has 2 aromatic rings. The molecule has 1 nitrogen and oxygen atoms in total. The van der Waals surface area contributed by atoms with Crippen LogP contribution in [0.4, 0.5) is 0 Å². The van der Waals surface area contributed by atoms with Gasteiger partial charge in [0.05, 0.1) is 0 Å². The molecule has 0 heterocycles. The van der Waals surface area contributed by atoms with E-state index in [1.54, 1.807) is 13.8 Å². The molecule has 0 saturated heterocycles. The molecule has 0 bridgehead atoms. The molecule has 0 aliphatic rings. The van der Waals surface area contributed by atoms with Crippen LogP contribution in [-0.2, 0) is 0 Å². The van der Waals surface area contributed by atoms with Crippen molar-refractivity contribution in [2.45, 2.75) is 19.4 Å². The van der Waals surface area contributed by atoms with Crippen molar-refractivity contribution in [1.29, 1.82) is 0 Å². The highest BCUT2D eigenvalue weighted by Gasteiger charge is 2.06. The molecular formula is C18H15O-. The molecule has 0 saturated carbocycles. The highest BCUT2D eigenvalue weighted by molar-refractivity contribution is 5.52. The van der Waals surface area contributed by atoms with E-state index in [2.05, 4.69) is 23.7 Å². The van der Waals surface area contributed by atoms with Crippen molar-refractivity contribution in [1.82, 2.24) is 0 Å². The summed E-state index contributed by atoms with van der Waals surface area (Å²) in [5.74, 6) is 12.0. The molecule has 0 aliphatic heterocycles.